The van der Waals surface area contributed by atoms with Crippen molar-refractivity contribution in [2.45, 2.75) is 12.5 Å². The Labute approximate surface area is 138 Å². The van der Waals surface area contributed by atoms with E-state index in [0.29, 0.717) is 0 Å². The van der Waals surface area contributed by atoms with Crippen LogP contribution in [-0.2, 0) is 6.42 Å². The highest BCUT2D eigenvalue weighted by atomic mass is 28.3. The lowest BCUT2D eigenvalue weighted by atomic mass is 10.2. The van der Waals surface area contributed by atoms with Crippen molar-refractivity contribution >= 4 is 23.6 Å². The molecule has 1 heterocycles. The molecule has 0 bridgehead atoms. The van der Waals surface area contributed by atoms with Crippen LogP contribution in [0.3, 0.4) is 0 Å². The van der Waals surface area contributed by atoms with Crippen molar-refractivity contribution < 1.29 is 4.74 Å². The van der Waals surface area contributed by atoms with Gasteiger partial charge in [-0.2, -0.15) is 0 Å². The van der Waals surface area contributed by atoms with Crippen molar-refractivity contribution in [2.24, 2.45) is 0 Å². The molecule has 3 aromatic rings. The Morgan fingerprint density at radius 2 is 1.39 bits per heavy atom. The number of hydrogen-bond donors (Lipinski definition) is 0. The van der Waals surface area contributed by atoms with Gasteiger partial charge in [0.1, 0.15) is 13.8 Å². The third kappa shape index (κ3) is 2.22. The Hall–Kier alpha value is -2.32. The largest absolute Gasteiger partial charge is 0.497 e. The molecule has 0 saturated carbocycles. The lowest BCUT2D eigenvalue weighted by Crippen LogP contribution is -2.65. The normalized spacial score (nSPS) is 15.2. The fourth-order valence-corrected chi connectivity index (χ4v) is 9.08. The molecule has 0 fully saturated rings. The van der Waals surface area contributed by atoms with Crippen LogP contribution >= 0.6 is 0 Å². The van der Waals surface area contributed by atoms with Gasteiger partial charge in [-0.05, 0) is 45.7 Å². The average molecular weight is 316 g/mol. The molecule has 3 aromatic carbocycles. The molecule has 0 spiro atoms. The molecular formula is C21H20OSi. The Morgan fingerprint density at radius 3 is 1.96 bits per heavy atom. The van der Waals surface area contributed by atoms with Crippen molar-refractivity contribution in [3.63, 3.8) is 0 Å². The Kier molecular flexibility index (Phi) is 3.54. The summed E-state index contributed by atoms with van der Waals surface area (Å²) >= 11 is 0. The van der Waals surface area contributed by atoms with E-state index in [-0.39, 0.29) is 0 Å². The molecule has 114 valence electrons. The molecule has 0 radical (unpaired) electrons. The van der Waals surface area contributed by atoms with Gasteiger partial charge < -0.3 is 4.74 Å². The van der Waals surface area contributed by atoms with E-state index >= 15 is 0 Å². The van der Waals surface area contributed by atoms with Gasteiger partial charge >= 0.3 is 0 Å². The summed E-state index contributed by atoms with van der Waals surface area (Å²) in [6, 6.07) is 30.0. The SMILES string of the molecule is COc1ccc2c(c1)[Si](c1ccccc1)(c1ccccc1)CC2. The van der Waals surface area contributed by atoms with Crippen molar-refractivity contribution in [2.75, 3.05) is 7.11 Å². The maximum Gasteiger partial charge on any atom is 0.149 e. The third-order valence-electron chi connectivity index (χ3n) is 5.08. The maximum absolute atomic E-state index is 5.53. The molecule has 0 atom stereocenters. The maximum atomic E-state index is 5.53. The Morgan fingerprint density at radius 1 is 0.783 bits per heavy atom. The summed E-state index contributed by atoms with van der Waals surface area (Å²) in [7, 11) is -0.178. The molecular weight excluding hydrogens is 296 g/mol. The molecule has 0 N–H and O–H groups in total. The van der Waals surface area contributed by atoms with Gasteiger partial charge in [-0.3, -0.25) is 0 Å². The molecule has 0 amide bonds. The van der Waals surface area contributed by atoms with Crippen LogP contribution in [0.1, 0.15) is 5.56 Å². The molecule has 0 aliphatic carbocycles. The second-order valence-electron chi connectivity index (χ2n) is 6.16. The highest BCUT2D eigenvalue weighted by molar-refractivity contribution is 7.12. The molecule has 0 unspecified atom stereocenters. The molecule has 23 heavy (non-hydrogen) atoms. The number of rotatable bonds is 3. The summed E-state index contributed by atoms with van der Waals surface area (Å²) in [6.07, 6.45) is 1.16. The predicted octanol–water partition coefficient (Wildman–Crippen LogP) is 2.72. The van der Waals surface area contributed by atoms with Gasteiger partial charge in [0, 0.05) is 0 Å². The number of ether oxygens (including phenoxy) is 1. The lowest BCUT2D eigenvalue weighted by molar-refractivity contribution is 0.415. The van der Waals surface area contributed by atoms with Crippen molar-refractivity contribution in [1.29, 1.82) is 0 Å². The van der Waals surface area contributed by atoms with Crippen LogP contribution < -0.4 is 20.3 Å². The molecule has 0 saturated heterocycles. The van der Waals surface area contributed by atoms with Crippen LogP contribution in [0.15, 0.2) is 78.9 Å². The minimum absolute atomic E-state index is 0.967. The molecule has 1 nitrogen and oxygen atoms in total. The van der Waals surface area contributed by atoms with Crippen molar-refractivity contribution in [1.82, 2.24) is 0 Å². The van der Waals surface area contributed by atoms with Crippen LogP contribution in [0.25, 0.3) is 0 Å². The second-order valence-corrected chi connectivity index (χ2v) is 10.2. The molecule has 4 rings (SSSR count). The number of aryl methyl sites for hydroxylation is 1. The topological polar surface area (TPSA) is 9.23 Å². The van der Waals surface area contributed by atoms with E-state index in [0.717, 1.165) is 12.2 Å². The number of methoxy groups -OCH3 is 1. The fourth-order valence-electron chi connectivity index (χ4n) is 3.97. The van der Waals surface area contributed by atoms with Crippen LogP contribution in [0.4, 0.5) is 0 Å². The van der Waals surface area contributed by atoms with E-state index in [9.17, 15) is 0 Å². The van der Waals surface area contributed by atoms with Crippen LogP contribution in [0, 0.1) is 0 Å². The number of fused-ring (bicyclic) bond motifs is 1. The summed E-state index contributed by atoms with van der Waals surface area (Å²) in [4.78, 5) is 0. The summed E-state index contributed by atoms with van der Waals surface area (Å²) in [5, 5.41) is 4.52. The minimum atomic E-state index is -1.93. The monoisotopic (exact) mass is 316 g/mol. The second kappa shape index (κ2) is 5.71. The van der Waals surface area contributed by atoms with Gasteiger partial charge in [0.25, 0.3) is 0 Å². The third-order valence-corrected chi connectivity index (χ3v) is 10.1. The summed E-state index contributed by atoms with van der Waals surface area (Å²) < 4.78 is 5.53. The first kappa shape index (κ1) is 14.3. The van der Waals surface area contributed by atoms with E-state index in [1.807, 2.05) is 0 Å². The molecule has 2 heteroatoms. The van der Waals surface area contributed by atoms with E-state index in [1.54, 1.807) is 7.11 Å². The standard InChI is InChI=1S/C21H20OSi/c1-22-18-13-12-17-14-15-23(21(17)16-18,19-8-4-2-5-9-19)20-10-6-3-7-11-20/h2-13,16H,14-15H2,1H3. The molecule has 1 aliphatic rings. The van der Waals surface area contributed by atoms with Crippen molar-refractivity contribution in [3.8, 4) is 5.75 Å². The van der Waals surface area contributed by atoms with E-state index < -0.39 is 8.07 Å². The van der Waals surface area contributed by atoms with Gasteiger partial charge in [0.05, 0.1) is 7.11 Å². The van der Waals surface area contributed by atoms with Crippen LogP contribution in [0.5, 0.6) is 5.75 Å². The highest BCUT2D eigenvalue weighted by Crippen LogP contribution is 2.26. The quantitative estimate of drug-likeness (QED) is 0.675. The van der Waals surface area contributed by atoms with Crippen LogP contribution in [0.2, 0.25) is 6.04 Å². The van der Waals surface area contributed by atoms with Gasteiger partial charge in [-0.25, -0.2) is 0 Å². The first-order valence-corrected chi connectivity index (χ1v) is 10.3. The molecule has 0 aromatic heterocycles. The van der Waals surface area contributed by atoms with Crippen molar-refractivity contribution in [3.05, 3.63) is 84.4 Å². The Bertz CT molecular complexity index is 772. The summed E-state index contributed by atoms with van der Waals surface area (Å²) in [5.41, 5.74) is 1.49. The average Bonchev–Trinajstić information content (AvgIpc) is 3.03. The van der Waals surface area contributed by atoms with E-state index in [2.05, 4.69) is 78.9 Å². The first-order chi connectivity index (χ1) is 11.3. The zero-order chi connectivity index (χ0) is 15.7. The van der Waals surface area contributed by atoms with Gasteiger partial charge in [-0.15, -0.1) is 0 Å². The smallest absolute Gasteiger partial charge is 0.149 e. The number of benzene rings is 3. The van der Waals surface area contributed by atoms with Gasteiger partial charge in [-0.1, -0.05) is 66.7 Å². The van der Waals surface area contributed by atoms with E-state index in [1.165, 1.54) is 27.2 Å². The zero-order valence-electron chi connectivity index (χ0n) is 13.3. The summed E-state index contributed by atoms with van der Waals surface area (Å²) in [6.45, 7) is 0. The van der Waals surface area contributed by atoms with Gasteiger partial charge in [0.2, 0.25) is 0 Å². The lowest BCUT2D eigenvalue weighted by Gasteiger charge is -2.30. The minimum Gasteiger partial charge on any atom is -0.497 e. The van der Waals surface area contributed by atoms with Gasteiger partial charge in [0.15, 0.2) is 0 Å². The van der Waals surface area contributed by atoms with E-state index in [4.69, 9.17) is 4.74 Å². The molecule has 1 aliphatic heterocycles. The Balaban J connectivity index is 2.01. The first-order valence-electron chi connectivity index (χ1n) is 8.13. The highest BCUT2D eigenvalue weighted by Gasteiger charge is 2.44. The summed E-state index contributed by atoms with van der Waals surface area (Å²) in [5.74, 6) is 0.967. The zero-order valence-corrected chi connectivity index (χ0v) is 14.3. The fraction of sp³-hybridized carbons (Fsp3) is 0.143. The number of hydrogen-bond acceptors (Lipinski definition) is 1. The predicted molar refractivity (Wildman–Crippen MR) is 99.0 cm³/mol. The van der Waals surface area contributed by atoms with Crippen LogP contribution in [-0.4, -0.2) is 15.2 Å².